The van der Waals surface area contributed by atoms with Crippen molar-refractivity contribution < 1.29 is 4.79 Å². The number of nitrogens with one attached hydrogen (secondary N) is 1. The number of hydrogen-bond acceptors (Lipinski definition) is 3. The molecule has 0 aliphatic heterocycles. The van der Waals surface area contributed by atoms with Gasteiger partial charge in [-0.3, -0.25) is 4.79 Å². The van der Waals surface area contributed by atoms with Crippen molar-refractivity contribution >= 4 is 28.9 Å². The van der Waals surface area contributed by atoms with Gasteiger partial charge in [-0.1, -0.05) is 42.8 Å². The number of halogens is 1. The number of para-hydroxylation sites is 1. The SMILES string of the molecule is CC1CC(=O)c2c(Nc3cccc(Cl)c3)nn(-c3ccccc3)c2C1. The Morgan fingerprint density at radius 1 is 1.12 bits per heavy atom. The van der Waals surface area contributed by atoms with Crippen LogP contribution in [0.5, 0.6) is 0 Å². The lowest BCUT2D eigenvalue weighted by atomic mass is 9.87. The van der Waals surface area contributed by atoms with Crippen molar-refractivity contribution in [3.63, 3.8) is 0 Å². The fraction of sp³-hybridized carbons (Fsp3) is 0.200. The van der Waals surface area contributed by atoms with Crippen LogP contribution in [0.3, 0.4) is 0 Å². The fourth-order valence-electron chi connectivity index (χ4n) is 3.33. The predicted molar refractivity (Wildman–Crippen MR) is 100 cm³/mol. The van der Waals surface area contributed by atoms with Crippen LogP contribution in [0.25, 0.3) is 5.69 Å². The van der Waals surface area contributed by atoms with Gasteiger partial charge in [0.25, 0.3) is 0 Å². The highest BCUT2D eigenvalue weighted by Crippen LogP contribution is 2.34. The van der Waals surface area contributed by atoms with Crippen LogP contribution in [0.2, 0.25) is 5.02 Å². The highest BCUT2D eigenvalue weighted by Gasteiger charge is 2.31. The molecule has 1 aliphatic rings. The molecule has 0 spiro atoms. The van der Waals surface area contributed by atoms with Gasteiger partial charge in [-0.2, -0.15) is 0 Å². The number of rotatable bonds is 3. The molecule has 4 rings (SSSR count). The van der Waals surface area contributed by atoms with Gasteiger partial charge in [-0.15, -0.1) is 5.10 Å². The number of aromatic nitrogens is 2. The van der Waals surface area contributed by atoms with Crippen LogP contribution in [0, 0.1) is 5.92 Å². The maximum atomic E-state index is 12.7. The van der Waals surface area contributed by atoms with Gasteiger partial charge in [0.2, 0.25) is 0 Å². The summed E-state index contributed by atoms with van der Waals surface area (Å²) in [4.78, 5) is 12.7. The molecule has 25 heavy (non-hydrogen) atoms. The monoisotopic (exact) mass is 351 g/mol. The maximum absolute atomic E-state index is 12.7. The molecule has 126 valence electrons. The third-order valence-corrected chi connectivity index (χ3v) is 4.66. The van der Waals surface area contributed by atoms with Crippen molar-refractivity contribution in [3.8, 4) is 5.69 Å². The number of carbonyl (C=O) groups excluding carboxylic acids is 1. The van der Waals surface area contributed by atoms with Gasteiger partial charge in [0, 0.05) is 17.1 Å². The summed E-state index contributed by atoms with van der Waals surface area (Å²) in [5.74, 6) is 1.05. The van der Waals surface area contributed by atoms with Gasteiger partial charge >= 0.3 is 0 Å². The molecule has 0 saturated heterocycles. The summed E-state index contributed by atoms with van der Waals surface area (Å²) in [7, 11) is 0. The summed E-state index contributed by atoms with van der Waals surface area (Å²) in [5, 5.41) is 8.62. The fourth-order valence-corrected chi connectivity index (χ4v) is 3.52. The minimum Gasteiger partial charge on any atom is -0.338 e. The van der Waals surface area contributed by atoms with Crippen molar-refractivity contribution in [1.29, 1.82) is 0 Å². The molecule has 0 amide bonds. The first-order valence-corrected chi connectivity index (χ1v) is 8.72. The zero-order valence-electron chi connectivity index (χ0n) is 13.9. The average Bonchev–Trinajstić information content (AvgIpc) is 2.94. The summed E-state index contributed by atoms with van der Waals surface area (Å²) in [6.45, 7) is 2.10. The van der Waals surface area contributed by atoms with Gasteiger partial charge in [0.05, 0.1) is 16.9 Å². The van der Waals surface area contributed by atoms with E-state index in [1.165, 1.54) is 0 Å². The molecule has 2 aromatic carbocycles. The molecule has 1 heterocycles. The van der Waals surface area contributed by atoms with Crippen molar-refractivity contribution in [1.82, 2.24) is 9.78 Å². The number of hydrogen-bond donors (Lipinski definition) is 1. The molecule has 0 saturated carbocycles. The summed E-state index contributed by atoms with van der Waals surface area (Å²) in [6.07, 6.45) is 1.39. The zero-order chi connectivity index (χ0) is 17.4. The van der Waals surface area contributed by atoms with Gasteiger partial charge in [0.15, 0.2) is 11.6 Å². The molecular weight excluding hydrogens is 334 g/mol. The van der Waals surface area contributed by atoms with Crippen LogP contribution in [0.15, 0.2) is 54.6 Å². The topological polar surface area (TPSA) is 46.9 Å². The minimum atomic E-state index is 0.139. The third-order valence-electron chi connectivity index (χ3n) is 4.42. The lowest BCUT2D eigenvalue weighted by Crippen LogP contribution is -2.19. The Morgan fingerprint density at radius 2 is 1.92 bits per heavy atom. The molecule has 0 fully saturated rings. The highest BCUT2D eigenvalue weighted by atomic mass is 35.5. The molecule has 1 unspecified atom stereocenters. The first-order chi connectivity index (χ1) is 12.1. The number of carbonyl (C=O) groups is 1. The molecule has 0 radical (unpaired) electrons. The number of ketones is 1. The number of fused-ring (bicyclic) bond motifs is 1. The minimum absolute atomic E-state index is 0.139. The first-order valence-electron chi connectivity index (χ1n) is 8.35. The van der Waals surface area contributed by atoms with E-state index in [0.717, 1.165) is 23.5 Å². The molecule has 0 bridgehead atoms. The number of anilines is 2. The van der Waals surface area contributed by atoms with Gasteiger partial charge in [-0.05, 0) is 42.7 Å². The standard InChI is InChI=1S/C20H18ClN3O/c1-13-10-17-19(18(25)11-13)20(22-15-7-5-6-14(21)12-15)23-24(17)16-8-3-2-4-9-16/h2-9,12-13H,10-11H2,1H3,(H,22,23). The second-order valence-corrected chi connectivity index (χ2v) is 6.93. The Labute approximate surface area is 151 Å². The van der Waals surface area contributed by atoms with E-state index in [1.54, 1.807) is 0 Å². The first kappa shape index (κ1) is 15.9. The lowest BCUT2D eigenvalue weighted by molar-refractivity contribution is 0.0953. The maximum Gasteiger partial charge on any atom is 0.168 e. The summed E-state index contributed by atoms with van der Waals surface area (Å²) in [6, 6.07) is 17.3. The van der Waals surface area contributed by atoms with Crippen LogP contribution in [0.4, 0.5) is 11.5 Å². The number of Topliss-reactive ketones (excluding diaryl/α,β-unsaturated/α-hetero) is 1. The van der Waals surface area contributed by atoms with Gasteiger partial charge in [0.1, 0.15) is 0 Å². The van der Waals surface area contributed by atoms with E-state index in [9.17, 15) is 4.79 Å². The van der Waals surface area contributed by atoms with Crippen LogP contribution in [-0.2, 0) is 6.42 Å². The van der Waals surface area contributed by atoms with Crippen molar-refractivity contribution in [2.45, 2.75) is 19.8 Å². The second kappa shape index (κ2) is 6.37. The highest BCUT2D eigenvalue weighted by molar-refractivity contribution is 6.30. The lowest BCUT2D eigenvalue weighted by Gasteiger charge is -2.19. The molecule has 3 aromatic rings. The molecule has 1 aromatic heterocycles. The van der Waals surface area contributed by atoms with E-state index in [-0.39, 0.29) is 5.78 Å². The van der Waals surface area contributed by atoms with E-state index >= 15 is 0 Å². The second-order valence-electron chi connectivity index (χ2n) is 6.49. The van der Waals surface area contributed by atoms with Crippen LogP contribution >= 0.6 is 11.6 Å². The number of benzene rings is 2. The largest absolute Gasteiger partial charge is 0.338 e. The molecule has 4 nitrogen and oxygen atoms in total. The van der Waals surface area contributed by atoms with Crippen LogP contribution in [-0.4, -0.2) is 15.6 Å². The zero-order valence-corrected chi connectivity index (χ0v) is 14.6. The normalized spacial score (nSPS) is 16.6. The van der Waals surface area contributed by atoms with Crippen LogP contribution < -0.4 is 5.32 Å². The summed E-state index contributed by atoms with van der Waals surface area (Å²) < 4.78 is 1.88. The van der Waals surface area contributed by atoms with Crippen molar-refractivity contribution in [3.05, 3.63) is 70.9 Å². The van der Waals surface area contributed by atoms with Gasteiger partial charge < -0.3 is 5.32 Å². The van der Waals surface area contributed by atoms with E-state index in [2.05, 4.69) is 12.2 Å². The quantitative estimate of drug-likeness (QED) is 0.719. The Hall–Kier alpha value is -2.59. The summed E-state index contributed by atoms with van der Waals surface area (Å²) >= 11 is 6.07. The Morgan fingerprint density at radius 3 is 2.68 bits per heavy atom. The molecule has 1 atom stereocenters. The van der Waals surface area contributed by atoms with E-state index < -0.39 is 0 Å². The third kappa shape index (κ3) is 3.05. The van der Waals surface area contributed by atoms with Crippen molar-refractivity contribution in [2.24, 2.45) is 5.92 Å². The smallest absolute Gasteiger partial charge is 0.168 e. The Kier molecular flexibility index (Phi) is 4.06. The molecular formula is C20H18ClN3O. The molecule has 1 N–H and O–H groups in total. The van der Waals surface area contributed by atoms with E-state index in [4.69, 9.17) is 16.7 Å². The van der Waals surface area contributed by atoms with E-state index in [1.807, 2.05) is 59.3 Å². The average molecular weight is 352 g/mol. The van der Waals surface area contributed by atoms with E-state index in [0.29, 0.717) is 28.7 Å². The summed E-state index contributed by atoms with van der Waals surface area (Å²) in [5.41, 5.74) is 3.45. The molecule has 1 aliphatic carbocycles. The predicted octanol–water partition coefficient (Wildman–Crippen LogP) is 5.03. The van der Waals surface area contributed by atoms with Crippen LogP contribution in [0.1, 0.15) is 29.4 Å². The Balaban J connectivity index is 1.83. The Bertz CT molecular complexity index is 933. The number of nitrogens with zero attached hydrogens (tertiary/aromatic N) is 2. The van der Waals surface area contributed by atoms with Crippen molar-refractivity contribution in [2.75, 3.05) is 5.32 Å². The van der Waals surface area contributed by atoms with Gasteiger partial charge in [-0.25, -0.2) is 4.68 Å². The molecule has 5 heteroatoms.